The summed E-state index contributed by atoms with van der Waals surface area (Å²) in [5, 5.41) is 9.12. The van der Waals surface area contributed by atoms with Crippen LogP contribution in [0.4, 0.5) is 5.13 Å². The molecule has 0 bridgehead atoms. The van der Waals surface area contributed by atoms with E-state index in [9.17, 15) is 4.79 Å². The van der Waals surface area contributed by atoms with Gasteiger partial charge in [-0.25, -0.2) is 4.98 Å². The largest absolute Gasteiger partial charge is 0.365 e. The monoisotopic (exact) mass is 281 g/mol. The summed E-state index contributed by atoms with van der Waals surface area (Å²) < 4.78 is 0. The van der Waals surface area contributed by atoms with Crippen LogP contribution in [-0.4, -0.2) is 17.9 Å². The molecule has 1 aromatic carbocycles. The molecule has 0 fully saturated rings. The number of nitrogens with zero attached hydrogens (tertiary/aromatic N) is 1. The number of thiazole rings is 1. The molecule has 2 aromatic rings. The average molecular weight is 282 g/mol. The minimum atomic E-state index is -0.134. The Morgan fingerprint density at radius 3 is 2.72 bits per heavy atom. The Morgan fingerprint density at radius 1 is 1.39 bits per heavy atom. The number of anilines is 1. The molecule has 0 unspecified atom stereocenters. The summed E-state index contributed by atoms with van der Waals surface area (Å²) in [5.74, 6) is -0.134. The molecule has 4 nitrogen and oxygen atoms in total. The second kappa shape index (κ2) is 5.84. The molecule has 0 spiro atoms. The van der Waals surface area contributed by atoms with E-state index in [-0.39, 0.29) is 5.91 Å². The molecule has 0 aliphatic rings. The molecular formula is C12H12ClN3OS. The number of halogens is 1. The molecule has 94 valence electrons. The zero-order valence-corrected chi connectivity index (χ0v) is 11.3. The number of benzene rings is 1. The van der Waals surface area contributed by atoms with Crippen molar-refractivity contribution in [2.24, 2.45) is 0 Å². The quantitative estimate of drug-likeness (QED) is 0.906. The zero-order chi connectivity index (χ0) is 13.0. The molecule has 0 saturated heterocycles. The third kappa shape index (κ3) is 3.21. The Hall–Kier alpha value is -1.59. The van der Waals surface area contributed by atoms with Crippen molar-refractivity contribution in [3.05, 3.63) is 45.9 Å². The minimum Gasteiger partial charge on any atom is -0.365 e. The minimum absolute atomic E-state index is 0.134. The van der Waals surface area contributed by atoms with Crippen molar-refractivity contribution >= 4 is 34.0 Å². The van der Waals surface area contributed by atoms with Crippen LogP contribution in [0.3, 0.4) is 0 Å². The fourth-order valence-electron chi connectivity index (χ4n) is 1.38. The summed E-state index contributed by atoms with van der Waals surface area (Å²) in [6.07, 6.45) is 0. The van der Waals surface area contributed by atoms with E-state index in [0.717, 1.165) is 10.8 Å². The molecule has 0 aliphatic carbocycles. The van der Waals surface area contributed by atoms with E-state index in [1.54, 1.807) is 24.3 Å². The van der Waals surface area contributed by atoms with Crippen molar-refractivity contribution in [2.75, 3.05) is 12.4 Å². The lowest BCUT2D eigenvalue weighted by molar-refractivity contribution is 0.0950. The number of hydrogen-bond acceptors (Lipinski definition) is 4. The molecule has 2 N–H and O–H groups in total. The summed E-state index contributed by atoms with van der Waals surface area (Å²) >= 11 is 7.27. The molecule has 1 amide bonds. The molecular weight excluding hydrogens is 270 g/mol. The Bertz CT molecular complexity index is 539. The van der Waals surface area contributed by atoms with Crippen molar-refractivity contribution in [2.45, 2.75) is 6.54 Å². The number of aromatic nitrogens is 1. The number of carbonyl (C=O) groups is 1. The molecule has 1 aromatic heterocycles. The van der Waals surface area contributed by atoms with Gasteiger partial charge in [0, 0.05) is 23.0 Å². The molecule has 2 rings (SSSR count). The highest BCUT2D eigenvalue weighted by Gasteiger charge is 2.06. The van der Waals surface area contributed by atoms with E-state index in [0.29, 0.717) is 17.1 Å². The van der Waals surface area contributed by atoms with Crippen molar-refractivity contribution in [1.29, 1.82) is 0 Å². The normalized spacial score (nSPS) is 10.1. The zero-order valence-electron chi connectivity index (χ0n) is 9.74. The highest BCUT2D eigenvalue weighted by molar-refractivity contribution is 7.13. The van der Waals surface area contributed by atoms with Crippen LogP contribution in [0.5, 0.6) is 0 Å². The van der Waals surface area contributed by atoms with E-state index in [1.165, 1.54) is 11.3 Å². The highest BCUT2D eigenvalue weighted by atomic mass is 35.5. The molecule has 18 heavy (non-hydrogen) atoms. The lowest BCUT2D eigenvalue weighted by Gasteiger charge is -2.03. The number of carbonyl (C=O) groups excluding carboxylic acids is 1. The van der Waals surface area contributed by atoms with E-state index >= 15 is 0 Å². The first-order valence-corrected chi connectivity index (χ1v) is 6.60. The SMILES string of the molecule is CNc1nc(CNC(=O)c2ccc(Cl)cc2)cs1. The fraction of sp³-hybridized carbons (Fsp3) is 0.167. The van der Waals surface area contributed by atoms with Gasteiger partial charge in [0.2, 0.25) is 0 Å². The summed E-state index contributed by atoms with van der Waals surface area (Å²) in [6.45, 7) is 0.416. The Kier molecular flexibility index (Phi) is 4.17. The van der Waals surface area contributed by atoms with Crippen LogP contribution in [0.15, 0.2) is 29.6 Å². The van der Waals surface area contributed by atoms with Gasteiger partial charge in [-0.1, -0.05) is 11.6 Å². The van der Waals surface area contributed by atoms with Crippen LogP contribution in [0, 0.1) is 0 Å². The van der Waals surface area contributed by atoms with Crippen LogP contribution in [-0.2, 0) is 6.54 Å². The van der Waals surface area contributed by atoms with Gasteiger partial charge in [-0.05, 0) is 24.3 Å². The van der Waals surface area contributed by atoms with Crippen molar-refractivity contribution in [3.63, 3.8) is 0 Å². The third-order valence-electron chi connectivity index (χ3n) is 2.30. The molecule has 0 radical (unpaired) electrons. The standard InChI is InChI=1S/C12H12ClN3OS/c1-14-12-16-10(7-18-12)6-15-11(17)8-2-4-9(13)5-3-8/h2-5,7H,6H2,1H3,(H,14,16)(H,15,17). The second-order valence-electron chi connectivity index (χ2n) is 3.58. The van der Waals surface area contributed by atoms with Crippen LogP contribution in [0.1, 0.15) is 16.1 Å². The lowest BCUT2D eigenvalue weighted by Crippen LogP contribution is -2.22. The average Bonchev–Trinajstić information content (AvgIpc) is 2.85. The molecule has 0 atom stereocenters. The van der Waals surface area contributed by atoms with E-state index < -0.39 is 0 Å². The maximum Gasteiger partial charge on any atom is 0.251 e. The Morgan fingerprint density at radius 2 is 2.11 bits per heavy atom. The predicted molar refractivity (Wildman–Crippen MR) is 74.3 cm³/mol. The maximum atomic E-state index is 11.8. The smallest absolute Gasteiger partial charge is 0.251 e. The van der Waals surface area contributed by atoms with Gasteiger partial charge in [0.1, 0.15) is 0 Å². The van der Waals surface area contributed by atoms with Gasteiger partial charge in [-0.15, -0.1) is 11.3 Å². The molecule has 0 saturated carbocycles. The van der Waals surface area contributed by atoms with Crippen molar-refractivity contribution in [3.8, 4) is 0 Å². The molecule has 0 aliphatic heterocycles. The van der Waals surface area contributed by atoms with Gasteiger partial charge in [0.15, 0.2) is 5.13 Å². The van der Waals surface area contributed by atoms with Crippen molar-refractivity contribution in [1.82, 2.24) is 10.3 Å². The summed E-state index contributed by atoms with van der Waals surface area (Å²) in [4.78, 5) is 16.1. The van der Waals surface area contributed by atoms with Gasteiger partial charge in [-0.3, -0.25) is 4.79 Å². The van der Waals surface area contributed by atoms with Gasteiger partial charge in [0.05, 0.1) is 12.2 Å². The van der Waals surface area contributed by atoms with Crippen LogP contribution in [0.25, 0.3) is 0 Å². The highest BCUT2D eigenvalue weighted by Crippen LogP contribution is 2.14. The first-order valence-electron chi connectivity index (χ1n) is 5.35. The second-order valence-corrected chi connectivity index (χ2v) is 4.88. The topological polar surface area (TPSA) is 54.0 Å². The predicted octanol–water partition coefficient (Wildman–Crippen LogP) is 2.77. The van der Waals surface area contributed by atoms with Crippen molar-refractivity contribution < 1.29 is 4.79 Å². The number of rotatable bonds is 4. The number of amides is 1. The molecule has 1 heterocycles. The van der Waals surface area contributed by atoms with E-state index in [1.807, 2.05) is 12.4 Å². The van der Waals surface area contributed by atoms with E-state index in [2.05, 4.69) is 15.6 Å². The third-order valence-corrected chi connectivity index (χ3v) is 3.46. The fourth-order valence-corrected chi connectivity index (χ4v) is 2.17. The van der Waals surface area contributed by atoms with Crippen LogP contribution >= 0.6 is 22.9 Å². The Balaban J connectivity index is 1.93. The number of nitrogens with one attached hydrogen (secondary N) is 2. The first kappa shape index (κ1) is 12.9. The van der Waals surface area contributed by atoms with Gasteiger partial charge in [0.25, 0.3) is 5.91 Å². The maximum absolute atomic E-state index is 11.8. The first-order chi connectivity index (χ1) is 8.69. The lowest BCUT2D eigenvalue weighted by atomic mass is 10.2. The van der Waals surface area contributed by atoms with E-state index in [4.69, 9.17) is 11.6 Å². The summed E-state index contributed by atoms with van der Waals surface area (Å²) in [5.41, 5.74) is 1.43. The summed E-state index contributed by atoms with van der Waals surface area (Å²) in [7, 11) is 1.81. The number of hydrogen-bond donors (Lipinski definition) is 2. The van der Waals surface area contributed by atoms with Gasteiger partial charge in [-0.2, -0.15) is 0 Å². The van der Waals surface area contributed by atoms with Crippen LogP contribution in [0.2, 0.25) is 5.02 Å². The Labute approximate surface area is 114 Å². The molecule has 6 heteroatoms. The van der Waals surface area contributed by atoms with Gasteiger partial charge >= 0.3 is 0 Å². The van der Waals surface area contributed by atoms with Crippen LogP contribution < -0.4 is 10.6 Å². The van der Waals surface area contributed by atoms with Gasteiger partial charge < -0.3 is 10.6 Å². The summed E-state index contributed by atoms with van der Waals surface area (Å²) in [6, 6.07) is 6.77.